The molecule has 1 unspecified atom stereocenters. The van der Waals surface area contributed by atoms with E-state index in [1.807, 2.05) is 31.2 Å². The number of hydrogen-bond acceptors (Lipinski definition) is 4. The van der Waals surface area contributed by atoms with Crippen LogP contribution >= 0.6 is 0 Å². The summed E-state index contributed by atoms with van der Waals surface area (Å²) in [4.78, 5) is 39.9. The van der Waals surface area contributed by atoms with Crippen LogP contribution in [0.1, 0.15) is 22.8 Å². The Morgan fingerprint density at radius 2 is 2.04 bits per heavy atom. The Hall–Kier alpha value is -2.89. The van der Waals surface area contributed by atoms with Gasteiger partial charge < -0.3 is 14.6 Å². The second-order valence-corrected chi connectivity index (χ2v) is 5.43. The van der Waals surface area contributed by atoms with Gasteiger partial charge in [0.15, 0.2) is 6.61 Å². The van der Waals surface area contributed by atoms with Gasteiger partial charge in [0, 0.05) is 17.9 Å². The lowest BCUT2D eigenvalue weighted by molar-refractivity contribution is -0.122. The number of anilines is 1. The van der Waals surface area contributed by atoms with E-state index in [1.54, 1.807) is 4.90 Å². The van der Waals surface area contributed by atoms with Crippen LogP contribution in [0.5, 0.6) is 0 Å². The second kappa shape index (κ2) is 6.08. The molecule has 2 aromatic rings. The van der Waals surface area contributed by atoms with Crippen molar-refractivity contribution in [2.45, 2.75) is 19.4 Å². The molecule has 1 N–H and O–H groups in total. The molecule has 118 valence electrons. The van der Waals surface area contributed by atoms with Gasteiger partial charge in [0.25, 0.3) is 11.5 Å². The Kier molecular flexibility index (Phi) is 3.97. The van der Waals surface area contributed by atoms with Gasteiger partial charge in [-0.25, -0.2) is 4.79 Å². The first-order chi connectivity index (χ1) is 11.1. The molecule has 0 bridgehead atoms. The molecule has 1 amide bonds. The largest absolute Gasteiger partial charge is 0.452 e. The summed E-state index contributed by atoms with van der Waals surface area (Å²) in [6.45, 7) is 1.55. The first-order valence-electron chi connectivity index (χ1n) is 7.32. The molecular formula is C17H16N2O4. The standard InChI is InChI=1S/C17H16N2O4/c1-11-9-12-5-2-3-7-14(12)19(11)15(20)10-23-17(22)13-6-4-8-18-16(13)21/h2-8,11H,9-10H2,1H3,(H,18,21). The highest BCUT2D eigenvalue weighted by atomic mass is 16.5. The quantitative estimate of drug-likeness (QED) is 0.871. The Balaban J connectivity index is 1.70. The van der Waals surface area contributed by atoms with E-state index < -0.39 is 18.1 Å². The van der Waals surface area contributed by atoms with E-state index in [2.05, 4.69) is 4.98 Å². The highest BCUT2D eigenvalue weighted by Crippen LogP contribution is 2.31. The van der Waals surface area contributed by atoms with Gasteiger partial charge in [0.05, 0.1) is 0 Å². The molecule has 0 aliphatic carbocycles. The molecule has 0 saturated heterocycles. The van der Waals surface area contributed by atoms with Crippen molar-refractivity contribution in [2.24, 2.45) is 0 Å². The lowest BCUT2D eigenvalue weighted by Gasteiger charge is -2.22. The van der Waals surface area contributed by atoms with Crippen molar-refractivity contribution in [3.05, 3.63) is 64.1 Å². The maximum Gasteiger partial charge on any atom is 0.344 e. The van der Waals surface area contributed by atoms with Crippen LogP contribution in [0.15, 0.2) is 47.4 Å². The number of aromatic amines is 1. The molecular weight excluding hydrogens is 296 g/mol. The molecule has 1 aliphatic heterocycles. The zero-order valence-corrected chi connectivity index (χ0v) is 12.6. The van der Waals surface area contributed by atoms with Crippen LogP contribution in [0.25, 0.3) is 0 Å². The normalized spacial score (nSPS) is 16.0. The number of carbonyl (C=O) groups excluding carboxylic acids is 2. The number of amides is 1. The minimum absolute atomic E-state index is 0.0127. The van der Waals surface area contributed by atoms with E-state index in [-0.39, 0.29) is 17.5 Å². The Morgan fingerprint density at radius 1 is 1.26 bits per heavy atom. The molecule has 6 nitrogen and oxygen atoms in total. The fourth-order valence-corrected chi connectivity index (χ4v) is 2.80. The van der Waals surface area contributed by atoms with Crippen LogP contribution in [0.3, 0.4) is 0 Å². The Labute approximate surface area is 132 Å². The number of hydrogen-bond donors (Lipinski definition) is 1. The Bertz CT molecular complexity index is 812. The van der Waals surface area contributed by atoms with Gasteiger partial charge in [-0.3, -0.25) is 9.59 Å². The van der Waals surface area contributed by atoms with Crippen LogP contribution in [0.4, 0.5) is 5.69 Å². The minimum atomic E-state index is -0.805. The maximum atomic E-state index is 12.4. The first kappa shape index (κ1) is 15.0. The summed E-state index contributed by atoms with van der Waals surface area (Å²) < 4.78 is 5.00. The fourth-order valence-electron chi connectivity index (χ4n) is 2.80. The van der Waals surface area contributed by atoms with Crippen molar-refractivity contribution in [3.63, 3.8) is 0 Å². The minimum Gasteiger partial charge on any atom is -0.452 e. The molecule has 23 heavy (non-hydrogen) atoms. The molecule has 0 fully saturated rings. The number of ether oxygens (including phenoxy) is 1. The molecule has 2 heterocycles. The number of H-pyrrole nitrogens is 1. The average molecular weight is 312 g/mol. The van der Waals surface area contributed by atoms with E-state index in [1.165, 1.54) is 18.3 Å². The highest BCUT2D eigenvalue weighted by Gasteiger charge is 2.31. The third-order valence-electron chi connectivity index (χ3n) is 3.84. The third-order valence-corrected chi connectivity index (χ3v) is 3.84. The van der Waals surface area contributed by atoms with Gasteiger partial charge in [0.2, 0.25) is 0 Å². The highest BCUT2D eigenvalue weighted by molar-refractivity contribution is 5.99. The van der Waals surface area contributed by atoms with Crippen LogP contribution in [0.2, 0.25) is 0 Å². The van der Waals surface area contributed by atoms with E-state index in [0.717, 1.165) is 17.7 Å². The summed E-state index contributed by atoms with van der Waals surface area (Å²) in [5.41, 5.74) is 1.29. The van der Waals surface area contributed by atoms with Crippen LogP contribution in [-0.2, 0) is 16.0 Å². The smallest absolute Gasteiger partial charge is 0.344 e. The van der Waals surface area contributed by atoms with Crippen molar-refractivity contribution in [2.75, 3.05) is 11.5 Å². The number of para-hydroxylation sites is 1. The van der Waals surface area contributed by atoms with Crippen molar-refractivity contribution in [1.29, 1.82) is 0 Å². The van der Waals surface area contributed by atoms with Gasteiger partial charge in [-0.05, 0) is 37.1 Å². The summed E-state index contributed by atoms with van der Waals surface area (Å²) in [5, 5.41) is 0. The number of nitrogens with one attached hydrogen (secondary N) is 1. The molecule has 0 saturated carbocycles. The van der Waals surface area contributed by atoms with E-state index in [0.29, 0.717) is 0 Å². The average Bonchev–Trinajstić information content (AvgIpc) is 2.88. The predicted octanol–water partition coefficient (Wildman–Crippen LogP) is 1.51. The second-order valence-electron chi connectivity index (χ2n) is 5.43. The monoisotopic (exact) mass is 312 g/mol. The molecule has 1 aliphatic rings. The molecule has 3 rings (SSSR count). The van der Waals surface area contributed by atoms with Gasteiger partial charge in [0.1, 0.15) is 5.56 Å². The van der Waals surface area contributed by atoms with Crippen molar-refractivity contribution in [1.82, 2.24) is 4.98 Å². The summed E-state index contributed by atoms with van der Waals surface area (Å²) >= 11 is 0. The number of nitrogens with zero attached hydrogens (tertiary/aromatic N) is 1. The van der Waals surface area contributed by atoms with Crippen LogP contribution in [-0.4, -0.2) is 29.5 Å². The number of esters is 1. The number of fused-ring (bicyclic) bond motifs is 1. The number of aromatic nitrogens is 1. The SMILES string of the molecule is CC1Cc2ccccc2N1C(=O)COC(=O)c1ccc[nH]c1=O. The lowest BCUT2D eigenvalue weighted by Crippen LogP contribution is -2.39. The maximum absolute atomic E-state index is 12.4. The number of benzene rings is 1. The molecule has 1 atom stereocenters. The molecule has 0 radical (unpaired) electrons. The summed E-state index contributed by atoms with van der Waals surface area (Å²) in [5.74, 6) is -1.11. The number of carbonyl (C=O) groups is 2. The summed E-state index contributed by atoms with van der Waals surface area (Å²) in [7, 11) is 0. The van der Waals surface area contributed by atoms with Gasteiger partial charge in [-0.2, -0.15) is 0 Å². The number of rotatable bonds is 3. The zero-order valence-electron chi connectivity index (χ0n) is 12.6. The summed E-state index contributed by atoms with van der Waals surface area (Å²) in [6.07, 6.45) is 2.20. The van der Waals surface area contributed by atoms with Crippen LogP contribution in [0, 0.1) is 0 Å². The van der Waals surface area contributed by atoms with Gasteiger partial charge >= 0.3 is 5.97 Å². The van der Waals surface area contributed by atoms with E-state index in [9.17, 15) is 14.4 Å². The van der Waals surface area contributed by atoms with E-state index >= 15 is 0 Å². The lowest BCUT2D eigenvalue weighted by atomic mass is 10.1. The topological polar surface area (TPSA) is 79.5 Å². The molecule has 1 aromatic carbocycles. The van der Waals surface area contributed by atoms with Gasteiger partial charge in [-0.15, -0.1) is 0 Å². The predicted molar refractivity (Wildman–Crippen MR) is 84.4 cm³/mol. The summed E-state index contributed by atoms with van der Waals surface area (Å²) in [6, 6.07) is 10.6. The Morgan fingerprint density at radius 3 is 2.83 bits per heavy atom. The van der Waals surface area contributed by atoms with Crippen molar-refractivity contribution < 1.29 is 14.3 Å². The van der Waals surface area contributed by atoms with Gasteiger partial charge in [-0.1, -0.05) is 18.2 Å². The van der Waals surface area contributed by atoms with E-state index in [4.69, 9.17) is 4.74 Å². The fraction of sp³-hybridized carbons (Fsp3) is 0.235. The van der Waals surface area contributed by atoms with Crippen molar-refractivity contribution in [3.8, 4) is 0 Å². The zero-order chi connectivity index (χ0) is 16.4. The molecule has 6 heteroatoms. The van der Waals surface area contributed by atoms with Crippen LogP contribution < -0.4 is 10.5 Å². The molecule has 0 spiro atoms. The van der Waals surface area contributed by atoms with Crippen molar-refractivity contribution >= 4 is 17.6 Å². The first-order valence-corrected chi connectivity index (χ1v) is 7.32. The number of pyridine rings is 1. The molecule has 1 aromatic heterocycles. The third kappa shape index (κ3) is 2.88.